The lowest BCUT2D eigenvalue weighted by atomic mass is 10.1. The predicted molar refractivity (Wildman–Crippen MR) is 64.1 cm³/mol. The molecule has 1 atom stereocenters. The van der Waals surface area contributed by atoms with Gasteiger partial charge in [0.05, 0.1) is 0 Å². The van der Waals surface area contributed by atoms with Crippen LogP contribution in [0.1, 0.15) is 41.0 Å². The van der Waals surface area contributed by atoms with Gasteiger partial charge >= 0.3 is 0 Å². The van der Waals surface area contributed by atoms with Crippen LogP contribution in [0, 0.1) is 5.92 Å². The minimum absolute atomic E-state index is 0.674. The molecular weight excluding hydrogens is 160 g/mol. The van der Waals surface area contributed by atoms with Crippen molar-refractivity contribution < 1.29 is 0 Å². The Bertz CT molecular complexity index is 63.1. The molecule has 0 saturated carbocycles. The highest BCUT2D eigenvalue weighted by Gasteiger charge is 1.97. The highest BCUT2D eigenvalue weighted by molar-refractivity contribution is 4.54. The van der Waals surface area contributed by atoms with Crippen molar-refractivity contribution >= 4 is 0 Å². The van der Waals surface area contributed by atoms with E-state index in [1.54, 1.807) is 0 Å². The monoisotopic (exact) mass is 190 g/mol. The third-order valence-electron chi connectivity index (χ3n) is 1.47. The maximum atomic E-state index is 5.44. The van der Waals surface area contributed by atoms with Crippen LogP contribution < -0.4 is 5.73 Å². The molecule has 0 rings (SSSR count). The van der Waals surface area contributed by atoms with E-state index in [0.29, 0.717) is 5.92 Å². The summed E-state index contributed by atoms with van der Waals surface area (Å²) in [5.74, 6) is 0.674. The normalized spacial score (nSPS) is 10.8. The zero-order valence-corrected chi connectivity index (χ0v) is 10.7. The van der Waals surface area contributed by atoms with E-state index in [9.17, 15) is 0 Å². The Morgan fingerprint density at radius 2 is 1.46 bits per heavy atom. The Hall–Kier alpha value is -0.0800. The molecule has 0 aliphatic heterocycles. The summed E-state index contributed by atoms with van der Waals surface area (Å²) in [4.78, 5) is 2.19. The van der Waals surface area contributed by atoms with Crippen molar-refractivity contribution in [3.63, 3.8) is 0 Å². The number of nitrogens with two attached hydrogens (primary N) is 1. The Morgan fingerprint density at radius 1 is 1.08 bits per heavy atom. The summed E-state index contributed by atoms with van der Waals surface area (Å²) >= 11 is 0. The minimum atomic E-state index is 0.674. The second-order valence-electron chi connectivity index (χ2n) is 2.93. The molecule has 0 aromatic heterocycles. The van der Waals surface area contributed by atoms with Gasteiger partial charge in [0.15, 0.2) is 0 Å². The number of hydrogen-bond acceptors (Lipinski definition) is 2. The summed E-state index contributed by atoms with van der Waals surface area (Å²) in [6.07, 6.45) is 1.21. The summed E-state index contributed by atoms with van der Waals surface area (Å²) in [5, 5.41) is 0. The van der Waals surface area contributed by atoms with Gasteiger partial charge in [-0.3, -0.25) is 0 Å². The topological polar surface area (TPSA) is 29.3 Å². The second kappa shape index (κ2) is 17.9. The van der Waals surface area contributed by atoms with Gasteiger partial charge in [0, 0.05) is 0 Å². The molecule has 0 amide bonds. The summed E-state index contributed by atoms with van der Waals surface area (Å²) in [7, 11) is 4.17. The quantitative estimate of drug-likeness (QED) is 0.738. The average Bonchev–Trinajstić information content (AvgIpc) is 2.20. The fourth-order valence-corrected chi connectivity index (χ4v) is 0.596. The molecular formula is C11H30N2. The Morgan fingerprint density at radius 3 is 1.69 bits per heavy atom. The first-order chi connectivity index (χ1) is 6.16. The van der Waals surface area contributed by atoms with E-state index in [0.717, 1.165) is 13.1 Å². The molecule has 0 aromatic rings. The Labute approximate surface area is 85.5 Å². The van der Waals surface area contributed by atoms with Crippen molar-refractivity contribution in [1.29, 1.82) is 0 Å². The van der Waals surface area contributed by atoms with E-state index in [4.69, 9.17) is 5.73 Å². The smallest absolute Gasteiger partial charge is 0.00218 e. The van der Waals surface area contributed by atoms with Crippen LogP contribution in [0.15, 0.2) is 0 Å². The molecule has 2 nitrogen and oxygen atoms in total. The summed E-state index contributed by atoms with van der Waals surface area (Å²) in [6.45, 7) is 12.1. The van der Waals surface area contributed by atoms with Gasteiger partial charge in [0.1, 0.15) is 0 Å². The van der Waals surface area contributed by atoms with E-state index in [-0.39, 0.29) is 0 Å². The van der Waals surface area contributed by atoms with E-state index < -0.39 is 0 Å². The summed E-state index contributed by atoms with van der Waals surface area (Å²) in [5.41, 5.74) is 5.44. The zero-order valence-electron chi connectivity index (χ0n) is 10.7. The van der Waals surface area contributed by atoms with E-state index in [2.05, 4.69) is 25.9 Å². The SMILES string of the molecule is CC.CC.CC(CN)CCN(C)C. The molecule has 0 saturated heterocycles. The molecule has 2 N–H and O–H groups in total. The first-order valence-corrected chi connectivity index (χ1v) is 5.51. The standard InChI is InChI=1S/C7H18N2.2C2H6/c1-7(6-8)4-5-9(2)3;2*1-2/h7H,4-6,8H2,1-3H3;2*1-2H3. The maximum Gasteiger partial charge on any atom is -0.00218 e. The fourth-order valence-electron chi connectivity index (χ4n) is 0.596. The molecule has 0 aliphatic carbocycles. The lowest BCUT2D eigenvalue weighted by Crippen LogP contribution is -2.19. The van der Waals surface area contributed by atoms with Gasteiger partial charge in [0.25, 0.3) is 0 Å². The van der Waals surface area contributed by atoms with Gasteiger partial charge < -0.3 is 10.6 Å². The van der Waals surface area contributed by atoms with Gasteiger partial charge in [-0.2, -0.15) is 0 Å². The summed E-state index contributed by atoms with van der Waals surface area (Å²) in [6, 6.07) is 0. The van der Waals surface area contributed by atoms with Gasteiger partial charge in [-0.05, 0) is 39.5 Å². The van der Waals surface area contributed by atoms with Gasteiger partial charge in [-0.15, -0.1) is 0 Å². The molecule has 13 heavy (non-hydrogen) atoms. The third kappa shape index (κ3) is 24.5. The minimum Gasteiger partial charge on any atom is -0.330 e. The van der Waals surface area contributed by atoms with Crippen LogP contribution >= 0.6 is 0 Å². The Kier molecular flexibility index (Phi) is 25.6. The van der Waals surface area contributed by atoms with Crippen molar-refractivity contribution in [2.45, 2.75) is 41.0 Å². The highest BCUT2D eigenvalue weighted by Crippen LogP contribution is 1.98. The number of rotatable bonds is 4. The second-order valence-corrected chi connectivity index (χ2v) is 2.93. The molecule has 84 valence electrons. The number of hydrogen-bond donors (Lipinski definition) is 1. The van der Waals surface area contributed by atoms with E-state index >= 15 is 0 Å². The summed E-state index contributed by atoms with van der Waals surface area (Å²) < 4.78 is 0. The molecule has 0 spiro atoms. The van der Waals surface area contributed by atoms with Crippen molar-refractivity contribution in [2.75, 3.05) is 27.2 Å². The van der Waals surface area contributed by atoms with Crippen LogP contribution in [-0.4, -0.2) is 32.1 Å². The maximum absolute atomic E-state index is 5.44. The van der Waals surface area contributed by atoms with Crippen LogP contribution in [0.4, 0.5) is 0 Å². The van der Waals surface area contributed by atoms with Gasteiger partial charge in [-0.25, -0.2) is 0 Å². The lowest BCUT2D eigenvalue weighted by Gasteiger charge is -2.12. The molecule has 0 aromatic carbocycles. The van der Waals surface area contributed by atoms with Crippen LogP contribution in [0.2, 0.25) is 0 Å². The van der Waals surface area contributed by atoms with Crippen molar-refractivity contribution in [2.24, 2.45) is 11.7 Å². The van der Waals surface area contributed by atoms with E-state index in [1.807, 2.05) is 27.7 Å². The van der Waals surface area contributed by atoms with Crippen molar-refractivity contribution in [3.05, 3.63) is 0 Å². The van der Waals surface area contributed by atoms with Crippen molar-refractivity contribution in [3.8, 4) is 0 Å². The zero-order chi connectivity index (χ0) is 11.3. The molecule has 0 fully saturated rings. The first kappa shape index (κ1) is 18.7. The van der Waals surface area contributed by atoms with E-state index in [1.165, 1.54) is 6.42 Å². The molecule has 0 bridgehead atoms. The van der Waals surface area contributed by atoms with Crippen LogP contribution in [0.5, 0.6) is 0 Å². The molecule has 0 heterocycles. The van der Waals surface area contributed by atoms with Crippen LogP contribution in [-0.2, 0) is 0 Å². The highest BCUT2D eigenvalue weighted by atomic mass is 15.0. The first-order valence-electron chi connectivity index (χ1n) is 5.51. The van der Waals surface area contributed by atoms with Gasteiger partial charge in [-0.1, -0.05) is 34.6 Å². The number of nitrogens with zero attached hydrogens (tertiary/aromatic N) is 1. The lowest BCUT2D eigenvalue weighted by molar-refractivity contribution is 0.363. The Balaban J connectivity index is -0.000000218. The van der Waals surface area contributed by atoms with Gasteiger partial charge in [0.2, 0.25) is 0 Å². The molecule has 0 aliphatic rings. The molecule has 2 heteroatoms. The third-order valence-corrected chi connectivity index (χ3v) is 1.47. The average molecular weight is 190 g/mol. The molecule has 1 unspecified atom stereocenters. The fraction of sp³-hybridized carbons (Fsp3) is 1.00. The van der Waals surface area contributed by atoms with Crippen molar-refractivity contribution in [1.82, 2.24) is 4.90 Å². The predicted octanol–water partition coefficient (Wildman–Crippen LogP) is 2.59. The van der Waals surface area contributed by atoms with Crippen LogP contribution in [0.25, 0.3) is 0 Å². The van der Waals surface area contributed by atoms with Crippen LogP contribution in [0.3, 0.4) is 0 Å². The largest absolute Gasteiger partial charge is 0.330 e. The molecule has 0 radical (unpaired) electrons.